The maximum atomic E-state index is 12.1. The third kappa shape index (κ3) is 2.93. The molecule has 17 heavy (non-hydrogen) atoms. The summed E-state index contributed by atoms with van der Waals surface area (Å²) in [6.07, 6.45) is 7.91. The first-order valence-electron chi connectivity index (χ1n) is 6.00. The van der Waals surface area contributed by atoms with Gasteiger partial charge >= 0.3 is 0 Å². The van der Waals surface area contributed by atoms with Crippen LogP contribution in [0.15, 0.2) is 12.4 Å². The summed E-state index contributed by atoms with van der Waals surface area (Å²) >= 11 is 0. The summed E-state index contributed by atoms with van der Waals surface area (Å²) in [7, 11) is 1.81. The second-order valence-corrected chi connectivity index (χ2v) is 4.67. The first kappa shape index (κ1) is 11.8. The molecule has 2 rings (SSSR count). The Bertz CT molecular complexity index is 401. The van der Waals surface area contributed by atoms with E-state index in [1.54, 1.807) is 4.90 Å². The predicted octanol–water partition coefficient (Wildman–Crippen LogP) is 1.32. The number of amides is 1. The lowest BCUT2D eigenvalue weighted by Crippen LogP contribution is -2.31. The van der Waals surface area contributed by atoms with E-state index in [9.17, 15) is 4.79 Å². The van der Waals surface area contributed by atoms with E-state index in [4.69, 9.17) is 5.73 Å². The van der Waals surface area contributed by atoms with Crippen molar-refractivity contribution in [2.24, 2.45) is 5.92 Å². The second kappa shape index (κ2) is 5.12. The van der Waals surface area contributed by atoms with Crippen molar-refractivity contribution in [3.05, 3.63) is 18.1 Å². The third-order valence-electron chi connectivity index (χ3n) is 3.23. The van der Waals surface area contributed by atoms with Crippen LogP contribution in [0.2, 0.25) is 0 Å². The van der Waals surface area contributed by atoms with Gasteiger partial charge in [-0.05, 0) is 18.8 Å². The van der Waals surface area contributed by atoms with Crippen molar-refractivity contribution in [1.29, 1.82) is 0 Å². The van der Waals surface area contributed by atoms with Crippen LogP contribution in [-0.4, -0.2) is 34.4 Å². The molecule has 5 heteroatoms. The third-order valence-corrected chi connectivity index (χ3v) is 3.23. The molecule has 1 aromatic heterocycles. The van der Waals surface area contributed by atoms with Gasteiger partial charge in [0.25, 0.3) is 5.91 Å². The van der Waals surface area contributed by atoms with Crippen LogP contribution < -0.4 is 5.73 Å². The predicted molar refractivity (Wildman–Crippen MR) is 65.4 cm³/mol. The van der Waals surface area contributed by atoms with E-state index in [-0.39, 0.29) is 11.7 Å². The molecule has 0 bridgehead atoms. The number of nitrogens with zero attached hydrogens (tertiary/aromatic N) is 3. The summed E-state index contributed by atoms with van der Waals surface area (Å²) in [5, 5.41) is 0. The summed E-state index contributed by atoms with van der Waals surface area (Å²) in [5.41, 5.74) is 5.84. The fourth-order valence-corrected chi connectivity index (χ4v) is 2.34. The highest BCUT2D eigenvalue weighted by Crippen LogP contribution is 2.25. The largest absolute Gasteiger partial charge is 0.382 e. The standard InChI is InChI=1S/C12H18N4O/c1-16(8-9-4-2-3-5-9)12(17)10-6-14-7-11(13)15-10/h6-7,9H,2-5,8H2,1H3,(H2,13,15). The maximum Gasteiger partial charge on any atom is 0.273 e. The van der Waals surface area contributed by atoms with Gasteiger partial charge in [-0.3, -0.25) is 9.78 Å². The molecule has 0 spiro atoms. The SMILES string of the molecule is CN(CC1CCCC1)C(=O)c1cncc(N)n1. The van der Waals surface area contributed by atoms with Gasteiger partial charge in [-0.2, -0.15) is 0 Å². The Morgan fingerprint density at radius 1 is 1.47 bits per heavy atom. The summed E-state index contributed by atoms with van der Waals surface area (Å²) < 4.78 is 0. The Hall–Kier alpha value is -1.65. The van der Waals surface area contributed by atoms with E-state index in [0.29, 0.717) is 11.6 Å². The van der Waals surface area contributed by atoms with Crippen molar-refractivity contribution >= 4 is 11.7 Å². The van der Waals surface area contributed by atoms with Gasteiger partial charge < -0.3 is 10.6 Å². The van der Waals surface area contributed by atoms with E-state index in [1.807, 2.05) is 7.05 Å². The highest BCUT2D eigenvalue weighted by atomic mass is 16.2. The topological polar surface area (TPSA) is 72.1 Å². The molecule has 0 aliphatic heterocycles. The number of nitrogens with two attached hydrogens (primary N) is 1. The average Bonchev–Trinajstić information content (AvgIpc) is 2.80. The van der Waals surface area contributed by atoms with Crippen molar-refractivity contribution in [2.75, 3.05) is 19.3 Å². The fourth-order valence-electron chi connectivity index (χ4n) is 2.34. The van der Waals surface area contributed by atoms with Gasteiger partial charge in [0.05, 0.1) is 12.4 Å². The number of carbonyl (C=O) groups is 1. The molecule has 0 saturated heterocycles. The van der Waals surface area contributed by atoms with Crippen molar-refractivity contribution < 1.29 is 4.79 Å². The molecule has 1 fully saturated rings. The van der Waals surface area contributed by atoms with E-state index < -0.39 is 0 Å². The minimum Gasteiger partial charge on any atom is -0.382 e. The molecule has 0 aromatic carbocycles. The minimum absolute atomic E-state index is 0.100. The lowest BCUT2D eigenvalue weighted by atomic mass is 10.1. The Balaban J connectivity index is 1.98. The number of anilines is 1. The molecule has 1 heterocycles. The number of rotatable bonds is 3. The van der Waals surface area contributed by atoms with E-state index in [2.05, 4.69) is 9.97 Å². The van der Waals surface area contributed by atoms with Crippen molar-refractivity contribution in [3.63, 3.8) is 0 Å². The van der Waals surface area contributed by atoms with Gasteiger partial charge in [0, 0.05) is 13.6 Å². The Morgan fingerprint density at radius 3 is 2.82 bits per heavy atom. The maximum absolute atomic E-state index is 12.1. The smallest absolute Gasteiger partial charge is 0.273 e. The van der Waals surface area contributed by atoms with Crippen molar-refractivity contribution in [1.82, 2.24) is 14.9 Å². The molecule has 1 aliphatic rings. The summed E-state index contributed by atoms with van der Waals surface area (Å²) in [6.45, 7) is 0.801. The molecule has 2 N–H and O–H groups in total. The van der Waals surface area contributed by atoms with Crippen LogP contribution >= 0.6 is 0 Å². The molecule has 1 amide bonds. The zero-order valence-corrected chi connectivity index (χ0v) is 10.1. The van der Waals surface area contributed by atoms with Crippen LogP contribution in [0.5, 0.6) is 0 Å². The second-order valence-electron chi connectivity index (χ2n) is 4.67. The van der Waals surface area contributed by atoms with Crippen LogP contribution in [-0.2, 0) is 0 Å². The zero-order chi connectivity index (χ0) is 12.3. The molecule has 0 radical (unpaired) electrons. The lowest BCUT2D eigenvalue weighted by molar-refractivity contribution is 0.0767. The highest BCUT2D eigenvalue weighted by molar-refractivity contribution is 5.92. The Morgan fingerprint density at radius 2 is 2.18 bits per heavy atom. The molecule has 0 unspecified atom stereocenters. The molecule has 0 atom stereocenters. The number of hydrogen-bond donors (Lipinski definition) is 1. The van der Waals surface area contributed by atoms with Gasteiger partial charge in [-0.1, -0.05) is 12.8 Å². The molecule has 5 nitrogen and oxygen atoms in total. The van der Waals surface area contributed by atoms with Gasteiger partial charge in [0.15, 0.2) is 0 Å². The Labute approximate surface area is 101 Å². The monoisotopic (exact) mass is 234 g/mol. The number of hydrogen-bond acceptors (Lipinski definition) is 4. The molecule has 1 aliphatic carbocycles. The van der Waals surface area contributed by atoms with Crippen LogP contribution in [0.1, 0.15) is 36.2 Å². The van der Waals surface area contributed by atoms with Crippen LogP contribution in [0.25, 0.3) is 0 Å². The van der Waals surface area contributed by atoms with E-state index >= 15 is 0 Å². The first-order valence-corrected chi connectivity index (χ1v) is 6.00. The van der Waals surface area contributed by atoms with Gasteiger partial charge in [-0.25, -0.2) is 4.98 Å². The molecule has 92 valence electrons. The zero-order valence-electron chi connectivity index (χ0n) is 10.1. The summed E-state index contributed by atoms with van der Waals surface area (Å²) in [6, 6.07) is 0. The van der Waals surface area contributed by atoms with Crippen LogP contribution in [0.4, 0.5) is 5.82 Å². The normalized spacial score (nSPS) is 16.1. The molecular weight excluding hydrogens is 216 g/mol. The quantitative estimate of drug-likeness (QED) is 0.856. The van der Waals surface area contributed by atoms with Crippen molar-refractivity contribution in [2.45, 2.75) is 25.7 Å². The molecule has 1 saturated carbocycles. The first-order chi connectivity index (χ1) is 8.16. The van der Waals surface area contributed by atoms with Gasteiger partial charge in [-0.15, -0.1) is 0 Å². The lowest BCUT2D eigenvalue weighted by Gasteiger charge is -2.20. The van der Waals surface area contributed by atoms with Gasteiger partial charge in [0.2, 0.25) is 0 Å². The minimum atomic E-state index is -0.100. The van der Waals surface area contributed by atoms with Crippen LogP contribution in [0.3, 0.4) is 0 Å². The number of aromatic nitrogens is 2. The molecule has 1 aromatic rings. The summed E-state index contributed by atoms with van der Waals surface area (Å²) in [5.74, 6) is 0.819. The van der Waals surface area contributed by atoms with Crippen molar-refractivity contribution in [3.8, 4) is 0 Å². The van der Waals surface area contributed by atoms with E-state index in [0.717, 1.165) is 6.54 Å². The average molecular weight is 234 g/mol. The number of carbonyl (C=O) groups excluding carboxylic acids is 1. The Kier molecular flexibility index (Phi) is 3.56. The van der Waals surface area contributed by atoms with Crippen LogP contribution in [0, 0.1) is 5.92 Å². The number of nitrogen functional groups attached to an aromatic ring is 1. The highest BCUT2D eigenvalue weighted by Gasteiger charge is 2.21. The summed E-state index contributed by atoms with van der Waals surface area (Å²) in [4.78, 5) is 21.7. The van der Waals surface area contributed by atoms with Gasteiger partial charge in [0.1, 0.15) is 11.5 Å². The molecular formula is C12H18N4O. The van der Waals surface area contributed by atoms with E-state index in [1.165, 1.54) is 38.1 Å². The fraction of sp³-hybridized carbons (Fsp3) is 0.583.